The van der Waals surface area contributed by atoms with Gasteiger partial charge in [0.2, 0.25) is 0 Å². The molecule has 0 aliphatic heterocycles. The van der Waals surface area contributed by atoms with Crippen molar-refractivity contribution in [1.82, 2.24) is 4.98 Å². The Morgan fingerprint density at radius 2 is 2.18 bits per heavy atom. The van der Waals surface area contributed by atoms with Gasteiger partial charge in [-0.25, -0.2) is 9.37 Å². The Balaban J connectivity index is 3.05. The molecule has 0 amide bonds. The SMILES string of the molecule is Nc1ncc(B(O)O)cc1F. The average Bonchev–Trinajstić information content (AvgIpc) is 1.94. The maximum Gasteiger partial charge on any atom is 0.490 e. The van der Waals surface area contributed by atoms with Gasteiger partial charge in [0, 0.05) is 11.7 Å². The Kier molecular flexibility index (Phi) is 2.07. The monoisotopic (exact) mass is 156 g/mol. The fraction of sp³-hybridized carbons (Fsp3) is 0. The van der Waals surface area contributed by atoms with Crippen LogP contribution in [0, 0.1) is 5.82 Å². The van der Waals surface area contributed by atoms with E-state index in [1.807, 2.05) is 0 Å². The van der Waals surface area contributed by atoms with Gasteiger partial charge in [0.05, 0.1) is 0 Å². The summed E-state index contributed by atoms with van der Waals surface area (Å²) in [5, 5.41) is 17.1. The molecule has 0 bridgehead atoms. The van der Waals surface area contributed by atoms with Gasteiger partial charge in [-0.3, -0.25) is 0 Å². The third-order valence-corrected chi connectivity index (χ3v) is 1.19. The van der Waals surface area contributed by atoms with Crippen molar-refractivity contribution < 1.29 is 14.4 Å². The highest BCUT2D eigenvalue weighted by Gasteiger charge is 2.12. The second-order valence-electron chi connectivity index (χ2n) is 2.01. The van der Waals surface area contributed by atoms with Crippen molar-refractivity contribution in [2.75, 3.05) is 5.73 Å². The first-order valence-corrected chi connectivity index (χ1v) is 2.88. The molecule has 0 aliphatic rings. The normalized spacial score (nSPS) is 9.73. The van der Waals surface area contributed by atoms with E-state index in [0.717, 1.165) is 12.3 Å². The molecule has 58 valence electrons. The number of aromatic nitrogens is 1. The maximum absolute atomic E-state index is 12.5. The summed E-state index contributed by atoms with van der Waals surface area (Å²) in [6.07, 6.45) is 1.10. The van der Waals surface area contributed by atoms with E-state index in [1.54, 1.807) is 0 Å². The highest BCUT2D eigenvalue weighted by Crippen LogP contribution is 2.01. The molecule has 0 saturated heterocycles. The minimum absolute atomic E-state index is 0.0169. The summed E-state index contributed by atoms with van der Waals surface area (Å²) in [5.74, 6) is -1.01. The molecular formula is C5H6BFN2O2. The first kappa shape index (κ1) is 7.97. The van der Waals surface area contributed by atoms with Crippen molar-refractivity contribution in [2.45, 2.75) is 0 Å². The third kappa shape index (κ3) is 1.66. The number of nitrogen functional groups attached to an aromatic ring is 1. The summed E-state index contributed by atoms with van der Waals surface area (Å²) in [5.41, 5.74) is 5.02. The standard InChI is InChI=1S/C5H6BFN2O2/c7-4-1-3(6(10)11)2-9-5(4)8/h1-2,10-11H,(H2,8,9). The zero-order valence-electron chi connectivity index (χ0n) is 5.53. The number of nitrogens with zero attached hydrogens (tertiary/aromatic N) is 1. The van der Waals surface area contributed by atoms with Crippen LogP contribution in [0.2, 0.25) is 0 Å². The first-order valence-electron chi connectivity index (χ1n) is 2.88. The summed E-state index contributed by atoms with van der Waals surface area (Å²) >= 11 is 0. The van der Waals surface area contributed by atoms with Crippen LogP contribution in [0.3, 0.4) is 0 Å². The Morgan fingerprint density at radius 1 is 1.55 bits per heavy atom. The van der Waals surface area contributed by atoms with Crippen molar-refractivity contribution in [3.05, 3.63) is 18.1 Å². The fourth-order valence-corrected chi connectivity index (χ4v) is 0.604. The Hall–Kier alpha value is -1.14. The lowest BCUT2D eigenvalue weighted by molar-refractivity contribution is 0.425. The molecule has 1 aromatic heterocycles. The van der Waals surface area contributed by atoms with Crippen LogP contribution in [0.15, 0.2) is 12.3 Å². The van der Waals surface area contributed by atoms with E-state index in [-0.39, 0.29) is 11.3 Å². The summed E-state index contributed by atoms with van der Waals surface area (Å²) in [6.45, 7) is 0. The molecule has 1 rings (SSSR count). The maximum atomic E-state index is 12.5. The van der Waals surface area contributed by atoms with Gasteiger partial charge < -0.3 is 15.8 Å². The first-order chi connectivity index (χ1) is 5.11. The van der Waals surface area contributed by atoms with Crippen molar-refractivity contribution in [1.29, 1.82) is 0 Å². The van der Waals surface area contributed by atoms with Crippen molar-refractivity contribution in [3.8, 4) is 0 Å². The number of hydrogen-bond acceptors (Lipinski definition) is 4. The van der Waals surface area contributed by atoms with Crippen LogP contribution in [0.25, 0.3) is 0 Å². The lowest BCUT2D eigenvalue weighted by atomic mass is 9.82. The molecule has 0 spiro atoms. The topological polar surface area (TPSA) is 79.4 Å². The van der Waals surface area contributed by atoms with Gasteiger partial charge in [-0.2, -0.15) is 0 Å². The van der Waals surface area contributed by atoms with E-state index in [0.29, 0.717) is 0 Å². The Labute approximate surface area is 62.6 Å². The highest BCUT2D eigenvalue weighted by atomic mass is 19.1. The van der Waals surface area contributed by atoms with Crippen LogP contribution in [0.5, 0.6) is 0 Å². The number of nitrogens with two attached hydrogens (primary N) is 1. The smallest absolute Gasteiger partial charge is 0.423 e. The van der Waals surface area contributed by atoms with Gasteiger partial charge in [-0.15, -0.1) is 0 Å². The lowest BCUT2D eigenvalue weighted by Gasteiger charge is -1.99. The third-order valence-electron chi connectivity index (χ3n) is 1.19. The average molecular weight is 156 g/mol. The van der Waals surface area contributed by atoms with E-state index < -0.39 is 12.9 Å². The molecule has 0 saturated carbocycles. The molecule has 6 heteroatoms. The molecule has 0 radical (unpaired) electrons. The van der Waals surface area contributed by atoms with Crippen molar-refractivity contribution in [3.63, 3.8) is 0 Å². The predicted octanol–water partition coefficient (Wildman–Crippen LogP) is -1.52. The van der Waals surface area contributed by atoms with Gasteiger partial charge in [0.25, 0.3) is 0 Å². The number of pyridine rings is 1. The van der Waals surface area contributed by atoms with E-state index in [2.05, 4.69) is 4.98 Å². The molecular weight excluding hydrogens is 150 g/mol. The summed E-state index contributed by atoms with van der Waals surface area (Å²) < 4.78 is 12.5. The zero-order chi connectivity index (χ0) is 8.43. The lowest BCUT2D eigenvalue weighted by Crippen LogP contribution is -2.30. The molecule has 0 aliphatic carbocycles. The fourth-order valence-electron chi connectivity index (χ4n) is 0.604. The molecule has 0 aromatic carbocycles. The quantitative estimate of drug-likeness (QED) is 0.431. The largest absolute Gasteiger partial charge is 0.490 e. The molecule has 4 N–H and O–H groups in total. The second-order valence-corrected chi connectivity index (χ2v) is 2.01. The van der Waals surface area contributed by atoms with Crippen LogP contribution in [-0.4, -0.2) is 22.2 Å². The van der Waals surface area contributed by atoms with Crippen molar-refractivity contribution in [2.24, 2.45) is 0 Å². The van der Waals surface area contributed by atoms with E-state index in [4.69, 9.17) is 15.8 Å². The number of halogens is 1. The Bertz CT molecular complexity index is 269. The predicted molar refractivity (Wildman–Crippen MR) is 38.4 cm³/mol. The summed E-state index contributed by atoms with van der Waals surface area (Å²) in [7, 11) is -1.71. The molecule has 1 aromatic rings. The molecule has 0 unspecified atom stereocenters. The van der Waals surface area contributed by atoms with Crippen molar-refractivity contribution >= 4 is 18.4 Å². The van der Waals surface area contributed by atoms with Crippen LogP contribution >= 0.6 is 0 Å². The number of rotatable bonds is 1. The van der Waals surface area contributed by atoms with Crippen LogP contribution in [0.4, 0.5) is 10.2 Å². The summed E-state index contributed by atoms with van der Waals surface area (Å²) in [6, 6.07) is 0.924. The van der Waals surface area contributed by atoms with Gasteiger partial charge in [0.1, 0.15) is 0 Å². The molecule has 0 fully saturated rings. The Morgan fingerprint density at radius 3 is 2.64 bits per heavy atom. The van der Waals surface area contributed by atoms with Crippen LogP contribution in [-0.2, 0) is 0 Å². The molecule has 1 heterocycles. The number of anilines is 1. The molecule has 0 atom stereocenters. The van der Waals surface area contributed by atoms with Crippen LogP contribution in [0.1, 0.15) is 0 Å². The van der Waals surface area contributed by atoms with Gasteiger partial charge >= 0.3 is 7.12 Å². The minimum atomic E-state index is -1.71. The van der Waals surface area contributed by atoms with Gasteiger partial charge in [0.15, 0.2) is 11.6 Å². The second kappa shape index (κ2) is 2.85. The molecule has 11 heavy (non-hydrogen) atoms. The summed E-state index contributed by atoms with van der Waals surface area (Å²) in [4.78, 5) is 3.38. The van der Waals surface area contributed by atoms with E-state index in [9.17, 15) is 4.39 Å². The van der Waals surface area contributed by atoms with Gasteiger partial charge in [-0.1, -0.05) is 0 Å². The molecule has 4 nitrogen and oxygen atoms in total. The van der Waals surface area contributed by atoms with Gasteiger partial charge in [-0.05, 0) is 6.07 Å². The highest BCUT2D eigenvalue weighted by molar-refractivity contribution is 6.58. The number of hydrogen-bond donors (Lipinski definition) is 3. The minimum Gasteiger partial charge on any atom is -0.423 e. The zero-order valence-corrected chi connectivity index (χ0v) is 5.53. The van der Waals surface area contributed by atoms with Crippen LogP contribution < -0.4 is 11.2 Å². The van der Waals surface area contributed by atoms with E-state index >= 15 is 0 Å². The van der Waals surface area contributed by atoms with E-state index in [1.165, 1.54) is 0 Å².